The van der Waals surface area contributed by atoms with E-state index in [1.165, 1.54) is 37.1 Å². The normalized spacial score (nSPS) is 17.5. The van der Waals surface area contributed by atoms with Gasteiger partial charge in [0.25, 0.3) is 0 Å². The predicted octanol–water partition coefficient (Wildman–Crippen LogP) is 3.14. The summed E-state index contributed by atoms with van der Waals surface area (Å²) in [7, 11) is -4.49. The van der Waals surface area contributed by atoms with Gasteiger partial charge < -0.3 is 5.32 Å². The minimum absolute atomic E-state index is 0.344. The average molecular weight is 289 g/mol. The third kappa shape index (κ3) is 3.43. The van der Waals surface area contributed by atoms with Crippen LogP contribution in [0.1, 0.15) is 19.8 Å². The largest absolute Gasteiger partial charge is 0.385 e. The van der Waals surface area contributed by atoms with E-state index in [0.29, 0.717) is 5.92 Å². The van der Waals surface area contributed by atoms with Gasteiger partial charge in [0.15, 0.2) is 0 Å². The lowest BCUT2D eigenvalue weighted by Gasteiger charge is -2.12. The number of alkyl halides is 2. The molecule has 1 aliphatic carbocycles. The first-order valence-corrected chi connectivity index (χ1v) is 7.82. The van der Waals surface area contributed by atoms with Crippen LogP contribution in [0.3, 0.4) is 0 Å². The highest BCUT2D eigenvalue weighted by molar-refractivity contribution is 7.91. The maximum atomic E-state index is 12.3. The highest BCUT2D eigenvalue weighted by atomic mass is 32.2. The van der Waals surface area contributed by atoms with Crippen molar-refractivity contribution < 1.29 is 17.2 Å². The standard InChI is InChI=1S/C13H17F2NO2S/c1-9(10-2-3-10)8-16-11-4-6-12(7-5-11)19(17,18)13(14)15/h4-7,9-10,13,16H,2-3,8H2,1H3. The monoisotopic (exact) mass is 289 g/mol. The summed E-state index contributed by atoms with van der Waals surface area (Å²) in [5.74, 6) is -2.02. The predicted molar refractivity (Wildman–Crippen MR) is 70.0 cm³/mol. The topological polar surface area (TPSA) is 46.2 Å². The molecule has 1 atom stereocenters. The SMILES string of the molecule is CC(CNc1ccc(S(=O)(=O)C(F)F)cc1)C1CC1. The van der Waals surface area contributed by atoms with E-state index in [2.05, 4.69) is 12.2 Å². The lowest BCUT2D eigenvalue weighted by atomic mass is 10.1. The molecule has 0 aliphatic heterocycles. The fraction of sp³-hybridized carbons (Fsp3) is 0.538. The van der Waals surface area contributed by atoms with Crippen molar-refractivity contribution in [3.63, 3.8) is 0 Å². The molecule has 0 radical (unpaired) electrons. The van der Waals surface area contributed by atoms with Crippen LogP contribution in [0.4, 0.5) is 14.5 Å². The molecule has 1 aromatic carbocycles. The number of sulfone groups is 1. The summed E-state index contributed by atoms with van der Waals surface area (Å²) in [6.45, 7) is 2.98. The highest BCUT2D eigenvalue weighted by Gasteiger charge is 2.28. The fourth-order valence-electron chi connectivity index (χ4n) is 1.98. The van der Waals surface area contributed by atoms with Crippen LogP contribution in [0.2, 0.25) is 0 Å². The third-order valence-electron chi connectivity index (χ3n) is 3.47. The molecule has 6 heteroatoms. The lowest BCUT2D eigenvalue weighted by Crippen LogP contribution is -2.13. The van der Waals surface area contributed by atoms with E-state index in [-0.39, 0.29) is 4.90 Å². The van der Waals surface area contributed by atoms with E-state index < -0.39 is 15.6 Å². The molecule has 0 saturated heterocycles. The van der Waals surface area contributed by atoms with Crippen molar-refractivity contribution in [1.29, 1.82) is 0 Å². The first kappa shape index (κ1) is 14.2. The molecule has 0 amide bonds. The molecule has 1 unspecified atom stereocenters. The number of anilines is 1. The van der Waals surface area contributed by atoms with Crippen LogP contribution in [0.25, 0.3) is 0 Å². The highest BCUT2D eigenvalue weighted by Crippen LogP contribution is 2.36. The van der Waals surface area contributed by atoms with Crippen LogP contribution in [-0.2, 0) is 9.84 Å². The second-order valence-electron chi connectivity index (χ2n) is 5.03. The van der Waals surface area contributed by atoms with Crippen molar-refractivity contribution >= 4 is 15.5 Å². The molecule has 3 nitrogen and oxygen atoms in total. The molecule has 1 fully saturated rings. The minimum Gasteiger partial charge on any atom is -0.385 e. The molecule has 0 bridgehead atoms. The van der Waals surface area contributed by atoms with Crippen LogP contribution in [0.5, 0.6) is 0 Å². The zero-order chi connectivity index (χ0) is 14.0. The molecule has 0 heterocycles. The summed E-state index contributed by atoms with van der Waals surface area (Å²) in [6, 6.07) is 5.47. The molecule has 19 heavy (non-hydrogen) atoms. The Morgan fingerprint density at radius 3 is 2.32 bits per heavy atom. The molecule has 2 rings (SSSR count). The molecule has 0 aromatic heterocycles. The summed E-state index contributed by atoms with van der Waals surface area (Å²) < 4.78 is 47.2. The third-order valence-corrected chi connectivity index (χ3v) is 4.87. The molecule has 1 N–H and O–H groups in total. The number of halogens is 2. The van der Waals surface area contributed by atoms with E-state index in [9.17, 15) is 17.2 Å². The van der Waals surface area contributed by atoms with Gasteiger partial charge in [-0.1, -0.05) is 6.92 Å². The number of hydrogen-bond donors (Lipinski definition) is 1. The summed E-state index contributed by atoms with van der Waals surface area (Å²) in [5, 5.41) is 3.19. The number of nitrogens with one attached hydrogen (secondary N) is 1. The molecule has 1 aromatic rings. The lowest BCUT2D eigenvalue weighted by molar-refractivity contribution is 0.234. The fourth-order valence-corrected chi connectivity index (χ4v) is 2.70. The van der Waals surface area contributed by atoms with Gasteiger partial charge in [-0.3, -0.25) is 0 Å². The number of rotatable bonds is 6. The Hall–Kier alpha value is -1.17. The van der Waals surface area contributed by atoms with Gasteiger partial charge in [-0.15, -0.1) is 0 Å². The average Bonchev–Trinajstić information content (AvgIpc) is 3.20. The zero-order valence-electron chi connectivity index (χ0n) is 10.6. The number of benzene rings is 1. The molecule has 1 aliphatic rings. The van der Waals surface area contributed by atoms with Crippen LogP contribution in [-0.4, -0.2) is 20.7 Å². The van der Waals surface area contributed by atoms with Crippen molar-refractivity contribution in [2.24, 2.45) is 11.8 Å². The van der Waals surface area contributed by atoms with Gasteiger partial charge in [-0.05, 0) is 48.9 Å². The van der Waals surface area contributed by atoms with Crippen molar-refractivity contribution in [3.8, 4) is 0 Å². The Kier molecular flexibility index (Phi) is 4.08. The van der Waals surface area contributed by atoms with Crippen molar-refractivity contribution in [1.82, 2.24) is 0 Å². The van der Waals surface area contributed by atoms with Gasteiger partial charge in [-0.25, -0.2) is 8.42 Å². The Balaban J connectivity index is 1.98. The Labute approximate surface area is 111 Å². The maximum Gasteiger partial charge on any atom is 0.341 e. The molecular weight excluding hydrogens is 272 g/mol. The molecular formula is C13H17F2NO2S. The van der Waals surface area contributed by atoms with E-state index in [1.807, 2.05) is 0 Å². The van der Waals surface area contributed by atoms with Crippen LogP contribution in [0.15, 0.2) is 29.2 Å². The van der Waals surface area contributed by atoms with Gasteiger partial charge in [0.2, 0.25) is 9.84 Å². The quantitative estimate of drug-likeness (QED) is 0.875. The van der Waals surface area contributed by atoms with Crippen molar-refractivity contribution in [2.75, 3.05) is 11.9 Å². The summed E-state index contributed by atoms with van der Waals surface area (Å²) >= 11 is 0. The van der Waals surface area contributed by atoms with Crippen LogP contribution in [0, 0.1) is 11.8 Å². The van der Waals surface area contributed by atoms with E-state index in [0.717, 1.165) is 18.2 Å². The summed E-state index contributed by atoms with van der Waals surface area (Å²) in [4.78, 5) is -0.344. The maximum absolute atomic E-state index is 12.3. The van der Waals surface area contributed by atoms with Crippen LogP contribution >= 0.6 is 0 Å². The minimum atomic E-state index is -4.49. The van der Waals surface area contributed by atoms with E-state index >= 15 is 0 Å². The van der Waals surface area contributed by atoms with Gasteiger partial charge in [0, 0.05) is 12.2 Å². The Morgan fingerprint density at radius 2 is 1.84 bits per heavy atom. The van der Waals surface area contributed by atoms with Gasteiger partial charge in [0.05, 0.1) is 4.90 Å². The Morgan fingerprint density at radius 1 is 1.26 bits per heavy atom. The molecule has 0 spiro atoms. The second kappa shape index (κ2) is 5.45. The first-order valence-electron chi connectivity index (χ1n) is 6.27. The smallest absolute Gasteiger partial charge is 0.341 e. The number of hydrogen-bond acceptors (Lipinski definition) is 3. The van der Waals surface area contributed by atoms with Gasteiger partial charge in [0.1, 0.15) is 0 Å². The van der Waals surface area contributed by atoms with Gasteiger partial charge in [-0.2, -0.15) is 8.78 Å². The van der Waals surface area contributed by atoms with Crippen molar-refractivity contribution in [2.45, 2.75) is 30.4 Å². The van der Waals surface area contributed by atoms with Gasteiger partial charge >= 0.3 is 5.76 Å². The summed E-state index contributed by atoms with van der Waals surface area (Å²) in [5.41, 5.74) is 0.751. The second-order valence-corrected chi connectivity index (χ2v) is 6.94. The van der Waals surface area contributed by atoms with Crippen molar-refractivity contribution in [3.05, 3.63) is 24.3 Å². The Bertz CT molecular complexity index is 524. The van der Waals surface area contributed by atoms with Crippen LogP contribution < -0.4 is 5.32 Å². The zero-order valence-corrected chi connectivity index (χ0v) is 11.5. The summed E-state index contributed by atoms with van der Waals surface area (Å²) in [6.07, 6.45) is 2.54. The first-order chi connectivity index (χ1) is 8.91. The molecule has 1 saturated carbocycles. The van der Waals surface area contributed by atoms with E-state index in [4.69, 9.17) is 0 Å². The molecule has 106 valence electrons. The van der Waals surface area contributed by atoms with E-state index in [1.54, 1.807) is 0 Å².